The van der Waals surface area contributed by atoms with E-state index in [0.29, 0.717) is 11.3 Å². The third kappa shape index (κ3) is 4.36. The Morgan fingerprint density at radius 3 is 2.57 bits per heavy atom. The van der Waals surface area contributed by atoms with Gasteiger partial charge in [-0.2, -0.15) is 0 Å². The van der Waals surface area contributed by atoms with E-state index in [1.807, 2.05) is 31.2 Å². The summed E-state index contributed by atoms with van der Waals surface area (Å²) in [6, 6.07) is 11.3. The lowest BCUT2D eigenvalue weighted by molar-refractivity contribution is 0.506. The van der Waals surface area contributed by atoms with Crippen molar-refractivity contribution < 1.29 is 13.0 Å². The molecule has 112 valence electrons. The zero-order valence-corrected chi connectivity index (χ0v) is 12.7. The second-order valence-corrected chi connectivity index (χ2v) is 6.39. The van der Waals surface area contributed by atoms with Gasteiger partial charge in [-0.05, 0) is 42.3 Å². The molecule has 2 atom stereocenters. The Labute approximate surface area is 125 Å². The summed E-state index contributed by atoms with van der Waals surface area (Å²) in [4.78, 5) is 0. The zero-order valence-electron chi connectivity index (χ0n) is 11.9. The maximum atomic E-state index is 13.2. The molecule has 5 heteroatoms. The van der Waals surface area contributed by atoms with Crippen LogP contribution in [0.1, 0.15) is 24.1 Å². The standard InChI is InChI=1S/C16H17F2NOS/c1-11(13-6-7-15(17)16(18)9-13)19-14-5-3-4-12(8-14)10-21(2)20/h3-9,11,19H,10H2,1-2H3. The van der Waals surface area contributed by atoms with Gasteiger partial charge in [-0.1, -0.05) is 18.2 Å². The number of hydrogen-bond donors (Lipinski definition) is 1. The molecular formula is C16H17F2NOS. The Bertz CT molecular complexity index is 660. The van der Waals surface area contributed by atoms with Crippen LogP contribution in [0.2, 0.25) is 0 Å². The number of rotatable bonds is 5. The van der Waals surface area contributed by atoms with Crippen LogP contribution < -0.4 is 5.32 Å². The van der Waals surface area contributed by atoms with Gasteiger partial charge in [-0.3, -0.25) is 4.21 Å². The second kappa shape index (κ2) is 6.80. The molecule has 2 rings (SSSR count). The average molecular weight is 309 g/mol. The summed E-state index contributed by atoms with van der Waals surface area (Å²) in [6.45, 7) is 1.87. The highest BCUT2D eigenvalue weighted by molar-refractivity contribution is 7.83. The number of benzene rings is 2. The van der Waals surface area contributed by atoms with E-state index < -0.39 is 22.4 Å². The van der Waals surface area contributed by atoms with E-state index in [4.69, 9.17) is 0 Å². The highest BCUT2D eigenvalue weighted by atomic mass is 32.2. The molecule has 0 saturated heterocycles. The molecule has 21 heavy (non-hydrogen) atoms. The molecule has 0 bridgehead atoms. The van der Waals surface area contributed by atoms with E-state index in [1.165, 1.54) is 6.07 Å². The molecule has 0 aromatic heterocycles. The first-order chi connectivity index (χ1) is 9.95. The molecule has 0 aliphatic rings. The predicted octanol–water partition coefficient (Wildman–Crippen LogP) is 4.02. The van der Waals surface area contributed by atoms with Gasteiger partial charge in [-0.25, -0.2) is 8.78 Å². The quantitative estimate of drug-likeness (QED) is 0.904. The first-order valence-corrected chi connectivity index (χ1v) is 8.29. The number of halogens is 2. The summed E-state index contributed by atoms with van der Waals surface area (Å²) in [7, 11) is -0.898. The summed E-state index contributed by atoms with van der Waals surface area (Å²) in [5.74, 6) is -1.20. The summed E-state index contributed by atoms with van der Waals surface area (Å²) in [5, 5.41) is 3.23. The molecule has 1 N–H and O–H groups in total. The predicted molar refractivity (Wildman–Crippen MR) is 82.6 cm³/mol. The topological polar surface area (TPSA) is 29.1 Å². The van der Waals surface area contributed by atoms with Crippen molar-refractivity contribution in [2.45, 2.75) is 18.7 Å². The Morgan fingerprint density at radius 2 is 1.90 bits per heavy atom. The van der Waals surface area contributed by atoms with Gasteiger partial charge in [-0.15, -0.1) is 0 Å². The van der Waals surface area contributed by atoms with Crippen LogP contribution in [0.4, 0.5) is 14.5 Å². The summed E-state index contributed by atoms with van der Waals surface area (Å²) in [6.07, 6.45) is 1.66. The van der Waals surface area contributed by atoms with Crippen molar-refractivity contribution in [3.05, 3.63) is 65.2 Å². The molecule has 0 aliphatic carbocycles. The lowest BCUT2D eigenvalue weighted by Crippen LogP contribution is -2.07. The lowest BCUT2D eigenvalue weighted by Gasteiger charge is -2.16. The first-order valence-electron chi connectivity index (χ1n) is 6.56. The molecule has 0 spiro atoms. The van der Waals surface area contributed by atoms with Gasteiger partial charge in [0.2, 0.25) is 0 Å². The summed E-state index contributed by atoms with van der Waals surface area (Å²) < 4.78 is 37.4. The maximum absolute atomic E-state index is 13.2. The monoisotopic (exact) mass is 309 g/mol. The molecule has 0 heterocycles. The molecule has 2 nitrogen and oxygen atoms in total. The average Bonchev–Trinajstić information content (AvgIpc) is 2.41. The number of anilines is 1. The third-order valence-corrected chi connectivity index (χ3v) is 3.86. The van der Waals surface area contributed by atoms with Crippen LogP contribution in [0.3, 0.4) is 0 Å². The molecule has 0 aliphatic heterocycles. The first kappa shape index (κ1) is 15.6. The smallest absolute Gasteiger partial charge is 0.159 e. The maximum Gasteiger partial charge on any atom is 0.159 e. The van der Waals surface area contributed by atoms with Crippen LogP contribution in [0, 0.1) is 11.6 Å². The highest BCUT2D eigenvalue weighted by Gasteiger charge is 2.09. The summed E-state index contributed by atoms with van der Waals surface area (Å²) >= 11 is 0. The van der Waals surface area contributed by atoms with E-state index in [0.717, 1.165) is 17.3 Å². The van der Waals surface area contributed by atoms with Crippen LogP contribution in [-0.4, -0.2) is 10.5 Å². The summed E-state index contributed by atoms with van der Waals surface area (Å²) in [5.41, 5.74) is 2.49. The van der Waals surface area contributed by atoms with Gasteiger partial charge in [0.05, 0.1) is 0 Å². The van der Waals surface area contributed by atoms with E-state index >= 15 is 0 Å². The molecule has 2 unspecified atom stereocenters. The molecule has 0 radical (unpaired) electrons. The number of hydrogen-bond acceptors (Lipinski definition) is 2. The van der Waals surface area contributed by atoms with Crippen molar-refractivity contribution in [3.63, 3.8) is 0 Å². The molecule has 0 saturated carbocycles. The fourth-order valence-electron chi connectivity index (χ4n) is 2.10. The number of nitrogens with one attached hydrogen (secondary N) is 1. The Morgan fingerprint density at radius 1 is 1.14 bits per heavy atom. The van der Waals surface area contributed by atoms with E-state index in [2.05, 4.69) is 5.32 Å². The highest BCUT2D eigenvalue weighted by Crippen LogP contribution is 2.22. The van der Waals surface area contributed by atoms with Crippen molar-refractivity contribution in [2.24, 2.45) is 0 Å². The van der Waals surface area contributed by atoms with Gasteiger partial charge in [0.1, 0.15) is 0 Å². The molecule has 0 amide bonds. The zero-order chi connectivity index (χ0) is 15.4. The van der Waals surface area contributed by atoms with Crippen LogP contribution in [0.15, 0.2) is 42.5 Å². The van der Waals surface area contributed by atoms with Gasteiger partial charge in [0.25, 0.3) is 0 Å². The van der Waals surface area contributed by atoms with Crippen LogP contribution in [0.5, 0.6) is 0 Å². The van der Waals surface area contributed by atoms with Gasteiger partial charge >= 0.3 is 0 Å². The van der Waals surface area contributed by atoms with Crippen molar-refractivity contribution in [2.75, 3.05) is 11.6 Å². The van der Waals surface area contributed by atoms with Crippen LogP contribution >= 0.6 is 0 Å². The Balaban J connectivity index is 2.13. The van der Waals surface area contributed by atoms with Crippen molar-refractivity contribution >= 4 is 16.5 Å². The largest absolute Gasteiger partial charge is 0.379 e. The fourth-order valence-corrected chi connectivity index (χ4v) is 2.75. The Hall–Kier alpha value is -1.75. The fraction of sp³-hybridized carbons (Fsp3) is 0.250. The van der Waals surface area contributed by atoms with Crippen molar-refractivity contribution in [1.82, 2.24) is 0 Å². The van der Waals surface area contributed by atoms with Crippen molar-refractivity contribution in [3.8, 4) is 0 Å². The molecular weight excluding hydrogens is 292 g/mol. The van der Waals surface area contributed by atoms with Crippen LogP contribution in [-0.2, 0) is 16.6 Å². The van der Waals surface area contributed by atoms with Gasteiger partial charge < -0.3 is 5.32 Å². The van der Waals surface area contributed by atoms with E-state index in [1.54, 1.807) is 12.3 Å². The minimum Gasteiger partial charge on any atom is -0.379 e. The minimum absolute atomic E-state index is 0.164. The molecule has 2 aromatic rings. The SMILES string of the molecule is CC(Nc1cccc(CS(C)=O)c1)c1ccc(F)c(F)c1. The molecule has 2 aromatic carbocycles. The van der Waals surface area contributed by atoms with E-state index in [9.17, 15) is 13.0 Å². The Kier molecular flexibility index (Phi) is 5.07. The van der Waals surface area contributed by atoms with Gasteiger partial charge in [0, 0.05) is 34.5 Å². The van der Waals surface area contributed by atoms with E-state index in [-0.39, 0.29) is 6.04 Å². The van der Waals surface area contributed by atoms with Crippen molar-refractivity contribution in [1.29, 1.82) is 0 Å². The van der Waals surface area contributed by atoms with Gasteiger partial charge in [0.15, 0.2) is 11.6 Å². The molecule has 0 fully saturated rings. The third-order valence-electron chi connectivity index (χ3n) is 3.12. The lowest BCUT2D eigenvalue weighted by atomic mass is 10.1. The van der Waals surface area contributed by atoms with Crippen LogP contribution in [0.25, 0.3) is 0 Å². The minimum atomic E-state index is -0.898. The second-order valence-electron chi connectivity index (χ2n) is 4.96. The normalized spacial score (nSPS) is 13.7.